The Bertz CT molecular complexity index is 1520. The fourth-order valence-electron chi connectivity index (χ4n) is 5.16. The molecule has 15 heteroatoms. The number of methoxy groups -OCH3 is 1. The molecule has 0 saturated carbocycles. The summed E-state index contributed by atoms with van der Waals surface area (Å²) >= 11 is 1.04. The summed E-state index contributed by atoms with van der Waals surface area (Å²) in [6.45, 7) is 6.18. The minimum atomic E-state index is -1.36. The van der Waals surface area contributed by atoms with Crippen LogP contribution in [0.2, 0.25) is 0 Å². The van der Waals surface area contributed by atoms with Crippen LogP contribution in [0.25, 0.3) is 0 Å². The molecule has 0 aromatic heterocycles. The number of carboxylic acid groups (broad SMARTS) is 1. The first-order valence-corrected chi connectivity index (χ1v) is 16.3. The largest absolute Gasteiger partial charge is 0.513 e. The third kappa shape index (κ3) is 12.0. The van der Waals surface area contributed by atoms with Gasteiger partial charge in [-0.25, -0.2) is 4.79 Å². The van der Waals surface area contributed by atoms with Crippen molar-refractivity contribution < 1.29 is 67.0 Å². The van der Waals surface area contributed by atoms with Gasteiger partial charge in [0.2, 0.25) is 0 Å². The number of carboxylic acids is 1. The molecule has 49 heavy (non-hydrogen) atoms. The van der Waals surface area contributed by atoms with Gasteiger partial charge in [-0.05, 0) is 42.5 Å². The number of aryl methyl sites for hydroxylation is 2. The lowest BCUT2D eigenvalue weighted by molar-refractivity contribution is -0.190. The van der Waals surface area contributed by atoms with E-state index in [1.807, 2.05) is 24.3 Å². The third-order valence-corrected chi connectivity index (χ3v) is 8.61. The van der Waals surface area contributed by atoms with Crippen LogP contribution in [0.5, 0.6) is 11.5 Å². The Labute approximate surface area is 287 Å². The highest BCUT2D eigenvalue weighted by Gasteiger charge is 2.53. The molecule has 5 atom stereocenters. The van der Waals surface area contributed by atoms with E-state index in [2.05, 4.69) is 4.74 Å². The lowest BCUT2D eigenvalue weighted by atomic mass is 9.97. The molecule has 1 N–H and O–H groups in total. The highest BCUT2D eigenvalue weighted by atomic mass is 32.2. The van der Waals surface area contributed by atoms with Gasteiger partial charge in [-0.3, -0.25) is 24.0 Å². The van der Waals surface area contributed by atoms with Gasteiger partial charge in [-0.1, -0.05) is 24.3 Å². The Kier molecular flexibility index (Phi) is 14.3. The van der Waals surface area contributed by atoms with Crippen molar-refractivity contribution in [1.82, 2.24) is 0 Å². The second kappa shape index (κ2) is 18.1. The van der Waals surface area contributed by atoms with Gasteiger partial charge in [0.1, 0.15) is 18.1 Å². The van der Waals surface area contributed by atoms with Gasteiger partial charge in [0.05, 0.1) is 12.4 Å². The van der Waals surface area contributed by atoms with Crippen LogP contribution in [0.15, 0.2) is 36.4 Å². The van der Waals surface area contributed by atoms with Crippen LogP contribution in [0.3, 0.4) is 0 Å². The van der Waals surface area contributed by atoms with Crippen LogP contribution in [0, 0.1) is 6.92 Å². The SMILES string of the molecule is COC(=O)Oc1cc(C)c(Cc2ccc(CCCC(=O)O)cc2)c(O[C@@H]2S[C@H](COC(C)=O)[C@@H](OC(C)=O)[C@H](OC(C)=O)[C@H]2OC(C)=O)c1. The second-order valence-corrected chi connectivity index (χ2v) is 12.5. The minimum absolute atomic E-state index is 0.0663. The first-order chi connectivity index (χ1) is 23.2. The number of benzene rings is 2. The average Bonchev–Trinajstić information content (AvgIpc) is 3.00. The van der Waals surface area contributed by atoms with Crippen LogP contribution in [-0.2, 0) is 60.5 Å². The molecule has 14 nitrogen and oxygen atoms in total. The monoisotopic (exact) mass is 704 g/mol. The van der Waals surface area contributed by atoms with Crippen molar-refractivity contribution in [3.05, 3.63) is 58.7 Å². The Hall–Kier alpha value is -4.79. The molecule has 0 bridgehead atoms. The minimum Gasteiger partial charge on any atom is -0.481 e. The summed E-state index contributed by atoms with van der Waals surface area (Å²) in [4.78, 5) is 71.5. The predicted molar refractivity (Wildman–Crippen MR) is 173 cm³/mol. The van der Waals surface area contributed by atoms with Crippen molar-refractivity contribution in [2.45, 2.75) is 89.3 Å². The molecule has 266 valence electrons. The Morgan fingerprint density at radius 2 is 1.39 bits per heavy atom. The van der Waals surface area contributed by atoms with Crippen LogP contribution >= 0.6 is 11.8 Å². The first-order valence-electron chi connectivity index (χ1n) is 15.3. The van der Waals surface area contributed by atoms with Gasteiger partial charge in [0.25, 0.3) is 0 Å². The smallest absolute Gasteiger partial charge is 0.481 e. The zero-order valence-electron chi connectivity index (χ0n) is 28.0. The molecule has 0 aliphatic carbocycles. The van der Waals surface area contributed by atoms with E-state index in [1.165, 1.54) is 13.0 Å². The van der Waals surface area contributed by atoms with E-state index in [0.717, 1.165) is 50.8 Å². The standard InChI is InChI=1S/C34H40O14S/c1-18-14-25(47-34(41)42-6)16-27(26(18)15-24-12-10-23(11-13-24)8-7-9-29(39)40)48-33-32(46-22(5)38)31(45-21(4)37)30(44-20(3)36)28(49-33)17-43-19(2)35/h10-14,16,28,30-33H,7-9,15,17H2,1-6H3,(H,39,40)/t28-,30-,31+,32-,33-/m1/s1. The Morgan fingerprint density at radius 3 is 1.96 bits per heavy atom. The van der Waals surface area contributed by atoms with E-state index in [-0.39, 0.29) is 24.5 Å². The van der Waals surface area contributed by atoms with Crippen molar-refractivity contribution in [3.8, 4) is 11.5 Å². The van der Waals surface area contributed by atoms with Crippen molar-refractivity contribution in [2.75, 3.05) is 13.7 Å². The van der Waals surface area contributed by atoms with Crippen molar-refractivity contribution in [2.24, 2.45) is 0 Å². The summed E-state index contributed by atoms with van der Waals surface area (Å²) in [5.41, 5.74) is 2.06. The Morgan fingerprint density at radius 1 is 0.796 bits per heavy atom. The molecular weight excluding hydrogens is 664 g/mol. The number of carbonyl (C=O) groups excluding carboxylic acids is 5. The molecule has 1 aliphatic heterocycles. The number of hydrogen-bond acceptors (Lipinski definition) is 14. The highest BCUT2D eigenvalue weighted by molar-refractivity contribution is 8.00. The van der Waals surface area contributed by atoms with Gasteiger partial charge in [-0.15, -0.1) is 11.8 Å². The summed E-state index contributed by atoms with van der Waals surface area (Å²) < 4.78 is 38.5. The summed E-state index contributed by atoms with van der Waals surface area (Å²) in [5.74, 6) is -3.36. The number of esters is 4. The van der Waals surface area contributed by atoms with E-state index >= 15 is 0 Å². The average molecular weight is 705 g/mol. The molecule has 1 heterocycles. The van der Waals surface area contributed by atoms with Crippen LogP contribution < -0.4 is 9.47 Å². The zero-order chi connectivity index (χ0) is 36.2. The maximum absolute atomic E-state index is 12.4. The lowest BCUT2D eigenvalue weighted by Crippen LogP contribution is -2.59. The number of carbonyl (C=O) groups is 6. The quantitative estimate of drug-likeness (QED) is 0.166. The maximum Gasteiger partial charge on any atom is 0.513 e. The van der Waals surface area contributed by atoms with E-state index in [0.29, 0.717) is 30.4 Å². The number of hydrogen-bond donors (Lipinski definition) is 1. The summed E-state index contributed by atoms with van der Waals surface area (Å²) in [5, 5.41) is 8.11. The number of aliphatic carboxylic acids is 1. The summed E-state index contributed by atoms with van der Waals surface area (Å²) in [7, 11) is 1.16. The van der Waals surface area contributed by atoms with E-state index in [4.69, 9.17) is 33.5 Å². The van der Waals surface area contributed by atoms with Gasteiger partial charge in [0.15, 0.2) is 23.7 Å². The van der Waals surface area contributed by atoms with Crippen LogP contribution in [0.1, 0.15) is 62.8 Å². The molecule has 2 aromatic rings. The van der Waals surface area contributed by atoms with Gasteiger partial charge >= 0.3 is 36.0 Å². The molecular formula is C34H40O14S. The molecule has 0 spiro atoms. The molecule has 1 fully saturated rings. The third-order valence-electron chi connectivity index (χ3n) is 7.22. The summed E-state index contributed by atoms with van der Waals surface area (Å²) in [6, 6.07) is 10.7. The molecule has 3 rings (SSSR count). The predicted octanol–water partition coefficient (Wildman–Crippen LogP) is 4.32. The number of thioether (sulfide) groups is 1. The molecule has 1 saturated heterocycles. The summed E-state index contributed by atoms with van der Waals surface area (Å²) in [6.07, 6.45) is -3.33. The first kappa shape index (κ1) is 38.7. The topological polar surface area (TPSA) is 187 Å². The van der Waals surface area contributed by atoms with E-state index in [9.17, 15) is 28.8 Å². The van der Waals surface area contributed by atoms with Crippen molar-refractivity contribution in [3.63, 3.8) is 0 Å². The van der Waals surface area contributed by atoms with E-state index < -0.39 is 65.0 Å². The second-order valence-electron chi connectivity index (χ2n) is 11.2. The van der Waals surface area contributed by atoms with Crippen LogP contribution in [0.4, 0.5) is 4.79 Å². The highest BCUT2D eigenvalue weighted by Crippen LogP contribution is 2.41. The molecule has 2 aromatic carbocycles. The number of ether oxygens (including phenoxy) is 7. The molecule has 0 amide bonds. The van der Waals surface area contributed by atoms with Gasteiger partial charge in [0, 0.05) is 52.2 Å². The lowest BCUT2D eigenvalue weighted by Gasteiger charge is -2.43. The van der Waals surface area contributed by atoms with E-state index in [1.54, 1.807) is 13.0 Å². The maximum atomic E-state index is 12.4. The molecule has 0 unspecified atom stereocenters. The fourth-order valence-corrected chi connectivity index (χ4v) is 6.54. The van der Waals surface area contributed by atoms with Gasteiger partial charge in [-0.2, -0.15) is 0 Å². The Balaban J connectivity index is 2.08. The van der Waals surface area contributed by atoms with Crippen molar-refractivity contribution in [1.29, 1.82) is 0 Å². The fraction of sp³-hybridized carbons (Fsp3) is 0.471. The van der Waals surface area contributed by atoms with Crippen LogP contribution in [-0.4, -0.2) is 83.8 Å². The van der Waals surface area contributed by atoms with Gasteiger partial charge < -0.3 is 38.3 Å². The zero-order valence-corrected chi connectivity index (χ0v) is 28.9. The number of rotatable bonds is 14. The molecule has 1 aliphatic rings. The normalized spacial score (nSPS) is 19.9. The van der Waals surface area contributed by atoms with Crippen molar-refractivity contribution >= 4 is 47.8 Å². The molecule has 0 radical (unpaired) electrons.